The van der Waals surface area contributed by atoms with Gasteiger partial charge in [-0.1, -0.05) is 11.6 Å². The van der Waals surface area contributed by atoms with E-state index < -0.39 is 47.4 Å². The minimum atomic E-state index is -4.84. The molecule has 0 aliphatic carbocycles. The van der Waals surface area contributed by atoms with Gasteiger partial charge in [0.1, 0.15) is 35.2 Å². The number of alkyl halides is 3. The standard InChI is InChI=1S/C30H27ClF4N4O3/c1-15-4-3-5-17-10-18(11-22(31)24(17)38-15)27(40)37-13-21(30(33,34)35)23-12-20-26(42-14-29(20,2)28(36)41)25(39-23)16-6-8-19(32)9-7-16/h6-12,21H,3-5,13-14H2,1-2H3,(H2,36,41)(H,37,40)/t21-,29+/m1/s1. The number of hydrogen-bond donors (Lipinski definition) is 2. The van der Waals surface area contributed by atoms with Crippen molar-refractivity contribution in [3.05, 3.63) is 75.7 Å². The van der Waals surface area contributed by atoms with Crippen LogP contribution in [0.4, 0.5) is 23.2 Å². The van der Waals surface area contributed by atoms with Gasteiger partial charge in [-0.2, -0.15) is 13.2 Å². The zero-order valence-corrected chi connectivity index (χ0v) is 23.5. The minimum absolute atomic E-state index is 0.00133. The van der Waals surface area contributed by atoms with Gasteiger partial charge in [-0.05, 0) is 81.1 Å². The van der Waals surface area contributed by atoms with E-state index in [1.807, 2.05) is 6.92 Å². The third-order valence-corrected chi connectivity index (χ3v) is 7.95. The van der Waals surface area contributed by atoms with Crippen molar-refractivity contribution in [1.29, 1.82) is 0 Å². The highest BCUT2D eigenvalue weighted by Crippen LogP contribution is 2.46. The number of benzene rings is 2. The molecular weight excluding hydrogens is 576 g/mol. The van der Waals surface area contributed by atoms with Gasteiger partial charge in [0.05, 0.1) is 16.4 Å². The smallest absolute Gasteiger partial charge is 0.398 e. The zero-order valence-electron chi connectivity index (χ0n) is 22.7. The fraction of sp³-hybridized carbons (Fsp3) is 0.333. The molecule has 2 aromatic carbocycles. The molecule has 0 fully saturated rings. The van der Waals surface area contributed by atoms with Crippen molar-refractivity contribution in [3.63, 3.8) is 0 Å². The van der Waals surface area contributed by atoms with Crippen LogP contribution in [0.2, 0.25) is 5.02 Å². The van der Waals surface area contributed by atoms with Crippen molar-refractivity contribution in [1.82, 2.24) is 10.3 Å². The number of primary amides is 1. The average molecular weight is 603 g/mol. The van der Waals surface area contributed by atoms with Gasteiger partial charge in [0.15, 0.2) is 0 Å². The molecule has 0 unspecified atom stereocenters. The average Bonchev–Trinajstić information content (AvgIpc) is 3.15. The molecule has 2 aliphatic heterocycles. The molecule has 3 N–H and O–H groups in total. The highest BCUT2D eigenvalue weighted by Gasteiger charge is 2.47. The lowest BCUT2D eigenvalue weighted by Crippen LogP contribution is -2.40. The van der Waals surface area contributed by atoms with Gasteiger partial charge in [0, 0.05) is 28.9 Å². The molecule has 2 amide bonds. The highest BCUT2D eigenvalue weighted by molar-refractivity contribution is 6.33. The van der Waals surface area contributed by atoms with Gasteiger partial charge in [-0.25, -0.2) is 9.37 Å². The van der Waals surface area contributed by atoms with E-state index in [0.717, 1.165) is 42.3 Å². The molecule has 0 radical (unpaired) electrons. The molecule has 2 aliphatic rings. The van der Waals surface area contributed by atoms with Crippen molar-refractivity contribution in [3.8, 4) is 17.0 Å². The number of nitrogens with two attached hydrogens (primary N) is 1. The number of carbonyl (C=O) groups is 2. The molecule has 2 atom stereocenters. The van der Waals surface area contributed by atoms with Crippen molar-refractivity contribution in [2.75, 3.05) is 13.2 Å². The number of aryl methyl sites for hydroxylation is 1. The van der Waals surface area contributed by atoms with E-state index in [9.17, 15) is 27.2 Å². The number of aromatic nitrogens is 1. The number of nitrogens with zero attached hydrogens (tertiary/aromatic N) is 2. The van der Waals surface area contributed by atoms with E-state index in [-0.39, 0.29) is 39.8 Å². The second-order valence-corrected chi connectivity index (χ2v) is 11.1. The normalized spacial score (nSPS) is 18.7. The fourth-order valence-electron chi connectivity index (χ4n) is 5.16. The number of nitrogens with one attached hydrogen (secondary N) is 1. The molecule has 0 bridgehead atoms. The monoisotopic (exact) mass is 602 g/mol. The van der Waals surface area contributed by atoms with Crippen LogP contribution in [-0.2, 0) is 16.6 Å². The van der Waals surface area contributed by atoms with Crippen LogP contribution < -0.4 is 15.8 Å². The first-order chi connectivity index (χ1) is 19.8. The van der Waals surface area contributed by atoms with E-state index in [0.29, 0.717) is 12.1 Å². The highest BCUT2D eigenvalue weighted by atomic mass is 35.5. The van der Waals surface area contributed by atoms with Crippen molar-refractivity contribution < 1.29 is 31.9 Å². The SMILES string of the molecule is CC1=Nc2c(Cl)cc(C(=O)NC[C@H](c3cc4c(c(-c5ccc(F)cc5)n3)OC[C@]4(C)C(N)=O)C(F)(F)F)cc2CCC1. The molecule has 12 heteroatoms. The molecule has 220 valence electrons. The summed E-state index contributed by atoms with van der Waals surface area (Å²) in [6.07, 6.45) is -2.65. The Hall–Kier alpha value is -3.99. The Morgan fingerprint density at radius 2 is 1.88 bits per heavy atom. The summed E-state index contributed by atoms with van der Waals surface area (Å²) in [6, 6.07) is 9.10. The Morgan fingerprint density at radius 3 is 2.55 bits per heavy atom. The number of aliphatic imine (C=N–C) groups is 1. The Morgan fingerprint density at radius 1 is 1.17 bits per heavy atom. The lowest BCUT2D eigenvalue weighted by Gasteiger charge is -2.24. The van der Waals surface area contributed by atoms with Crippen LogP contribution in [0.25, 0.3) is 11.3 Å². The third-order valence-electron chi connectivity index (χ3n) is 7.66. The Balaban J connectivity index is 1.51. The van der Waals surface area contributed by atoms with Gasteiger partial charge < -0.3 is 15.8 Å². The van der Waals surface area contributed by atoms with Crippen LogP contribution in [0, 0.1) is 5.82 Å². The van der Waals surface area contributed by atoms with E-state index >= 15 is 0 Å². The zero-order chi connectivity index (χ0) is 30.4. The second-order valence-electron chi connectivity index (χ2n) is 10.7. The van der Waals surface area contributed by atoms with Crippen molar-refractivity contribution in [2.24, 2.45) is 10.7 Å². The lowest BCUT2D eigenvalue weighted by atomic mass is 9.82. The fourth-order valence-corrected chi connectivity index (χ4v) is 5.44. The van der Waals surface area contributed by atoms with Crippen molar-refractivity contribution in [2.45, 2.75) is 50.6 Å². The number of halogens is 5. The summed E-state index contributed by atoms with van der Waals surface area (Å²) in [5.74, 6) is -4.25. The summed E-state index contributed by atoms with van der Waals surface area (Å²) < 4.78 is 62.9. The molecule has 0 saturated heterocycles. The van der Waals surface area contributed by atoms with Crippen LogP contribution in [0.15, 0.2) is 47.5 Å². The Kier molecular flexibility index (Phi) is 7.74. The number of amides is 2. The lowest BCUT2D eigenvalue weighted by molar-refractivity contribution is -0.149. The predicted molar refractivity (Wildman–Crippen MR) is 150 cm³/mol. The molecule has 0 spiro atoms. The molecular formula is C30H27ClF4N4O3. The Bertz CT molecular complexity index is 1610. The number of rotatable bonds is 6. The maximum absolute atomic E-state index is 14.5. The number of pyridine rings is 1. The molecule has 3 aromatic rings. The first-order valence-electron chi connectivity index (χ1n) is 13.2. The number of ether oxygens (including phenoxy) is 1. The number of fused-ring (bicyclic) bond motifs is 2. The van der Waals surface area contributed by atoms with Crippen LogP contribution >= 0.6 is 11.6 Å². The molecule has 5 rings (SSSR count). The van der Waals surface area contributed by atoms with Gasteiger partial charge >= 0.3 is 6.18 Å². The molecule has 3 heterocycles. The predicted octanol–water partition coefficient (Wildman–Crippen LogP) is 6.18. The summed E-state index contributed by atoms with van der Waals surface area (Å²) >= 11 is 6.40. The van der Waals surface area contributed by atoms with Crippen molar-refractivity contribution >= 4 is 34.8 Å². The van der Waals surface area contributed by atoms with E-state index in [4.69, 9.17) is 22.1 Å². The summed E-state index contributed by atoms with van der Waals surface area (Å²) in [6.45, 7) is 2.30. The maximum Gasteiger partial charge on any atom is 0.398 e. The summed E-state index contributed by atoms with van der Waals surface area (Å²) in [5.41, 5.74) is 6.47. The number of carbonyl (C=O) groups excluding carboxylic acids is 2. The van der Waals surface area contributed by atoms with Crippen LogP contribution in [0.3, 0.4) is 0 Å². The molecule has 1 aromatic heterocycles. The third kappa shape index (κ3) is 5.57. The maximum atomic E-state index is 14.5. The van der Waals surface area contributed by atoms with Gasteiger partial charge in [-0.15, -0.1) is 0 Å². The van der Waals surface area contributed by atoms with E-state index in [2.05, 4.69) is 15.3 Å². The molecule has 42 heavy (non-hydrogen) atoms. The summed E-state index contributed by atoms with van der Waals surface area (Å²) in [7, 11) is 0. The molecule has 0 saturated carbocycles. The first-order valence-corrected chi connectivity index (χ1v) is 13.6. The quantitative estimate of drug-likeness (QED) is 0.329. The topological polar surface area (TPSA) is 107 Å². The van der Waals surface area contributed by atoms with E-state index in [1.54, 1.807) is 6.07 Å². The van der Waals surface area contributed by atoms with Gasteiger partial charge in [-0.3, -0.25) is 14.6 Å². The van der Waals surface area contributed by atoms with Gasteiger partial charge in [0.2, 0.25) is 5.91 Å². The first kappa shape index (κ1) is 29.5. The summed E-state index contributed by atoms with van der Waals surface area (Å²) in [4.78, 5) is 34.2. The van der Waals surface area contributed by atoms with E-state index in [1.165, 1.54) is 25.1 Å². The number of hydrogen-bond acceptors (Lipinski definition) is 5. The molecule has 7 nitrogen and oxygen atoms in total. The minimum Gasteiger partial charge on any atom is -0.489 e. The summed E-state index contributed by atoms with van der Waals surface area (Å²) in [5, 5.41) is 2.61. The Labute approximate surface area is 244 Å². The second kappa shape index (κ2) is 11.0. The van der Waals surface area contributed by atoms with Gasteiger partial charge in [0.25, 0.3) is 5.91 Å². The van der Waals surface area contributed by atoms with Crippen LogP contribution in [0.5, 0.6) is 5.75 Å². The van der Waals surface area contributed by atoms with Crippen LogP contribution in [0.1, 0.15) is 59.8 Å². The largest absolute Gasteiger partial charge is 0.489 e. The van der Waals surface area contributed by atoms with Crippen LogP contribution in [-0.4, -0.2) is 41.8 Å².